The van der Waals surface area contributed by atoms with Gasteiger partial charge in [0.05, 0.1) is 0 Å². The van der Waals surface area contributed by atoms with Crippen molar-refractivity contribution < 1.29 is 19.0 Å². The number of rotatable bonds is 11. The van der Waals surface area contributed by atoms with Gasteiger partial charge in [-0.15, -0.1) is 0 Å². The van der Waals surface area contributed by atoms with Crippen molar-refractivity contribution in [2.24, 2.45) is 0 Å². The summed E-state index contributed by atoms with van der Waals surface area (Å²) in [6.45, 7) is 5.52. The molecule has 0 heterocycles. The third-order valence-corrected chi connectivity index (χ3v) is 4.68. The van der Waals surface area contributed by atoms with Crippen LogP contribution in [0.3, 0.4) is 0 Å². The van der Waals surface area contributed by atoms with Crippen LogP contribution in [-0.2, 0) is 22.5 Å². The fourth-order valence-corrected chi connectivity index (χ4v) is 3.10. The molecule has 3 rings (SSSR count). The minimum atomic E-state index is -0.396. The second-order valence-corrected chi connectivity index (χ2v) is 6.88. The minimum Gasteiger partial charge on any atom is -0.489 e. The molecular formula is C26H28O4. The number of hydrogen-bond acceptors (Lipinski definition) is 4. The predicted molar refractivity (Wildman–Crippen MR) is 118 cm³/mol. The van der Waals surface area contributed by atoms with E-state index >= 15 is 0 Å². The van der Waals surface area contributed by atoms with Crippen LogP contribution in [0.1, 0.15) is 47.2 Å². The van der Waals surface area contributed by atoms with Gasteiger partial charge in [0.15, 0.2) is 12.1 Å². The zero-order valence-electron chi connectivity index (χ0n) is 17.5. The number of ketones is 1. The molecule has 0 aliphatic heterocycles. The van der Waals surface area contributed by atoms with Crippen LogP contribution in [0.25, 0.3) is 0 Å². The Bertz CT molecular complexity index is 896. The molecule has 0 amide bonds. The van der Waals surface area contributed by atoms with Gasteiger partial charge in [-0.3, -0.25) is 4.79 Å². The van der Waals surface area contributed by atoms with E-state index in [2.05, 4.69) is 0 Å². The lowest BCUT2D eigenvalue weighted by molar-refractivity contribution is -0.140. The Hall–Kier alpha value is -2.95. The zero-order chi connectivity index (χ0) is 21.2. The molecular weight excluding hydrogens is 376 g/mol. The fraction of sp³-hybridized carbons (Fsp3) is 0.269. The Morgan fingerprint density at radius 2 is 1.40 bits per heavy atom. The first-order valence-electron chi connectivity index (χ1n) is 10.3. The third-order valence-electron chi connectivity index (χ3n) is 4.68. The molecule has 0 saturated heterocycles. The first-order valence-corrected chi connectivity index (χ1v) is 10.3. The molecule has 0 aliphatic carbocycles. The molecule has 0 spiro atoms. The standard InChI is InChI=1S/C26H28O4/c1-3-28-26(29-4-2)23-14-12-22(13-15-23)25(27)18-20-10-16-24(17-11-20)30-19-21-8-6-5-7-9-21/h5-17,26H,3-4,18-19H2,1-2H3. The molecule has 156 valence electrons. The molecule has 3 aromatic carbocycles. The van der Waals surface area contributed by atoms with E-state index in [1.807, 2.05) is 92.7 Å². The third kappa shape index (κ3) is 6.28. The van der Waals surface area contributed by atoms with Crippen molar-refractivity contribution in [3.8, 4) is 5.75 Å². The minimum absolute atomic E-state index is 0.0730. The molecule has 0 fully saturated rings. The lowest BCUT2D eigenvalue weighted by Gasteiger charge is -2.17. The van der Waals surface area contributed by atoms with Crippen molar-refractivity contribution in [2.45, 2.75) is 33.2 Å². The number of carbonyl (C=O) groups excluding carboxylic acids is 1. The summed E-state index contributed by atoms with van der Waals surface area (Å²) < 4.78 is 17.0. The Kier molecular flexibility index (Phi) is 8.19. The van der Waals surface area contributed by atoms with E-state index in [0.29, 0.717) is 31.8 Å². The smallest absolute Gasteiger partial charge is 0.183 e. The van der Waals surface area contributed by atoms with Crippen LogP contribution in [0, 0.1) is 0 Å². The summed E-state index contributed by atoms with van der Waals surface area (Å²) in [7, 11) is 0. The van der Waals surface area contributed by atoms with Crippen LogP contribution in [0.15, 0.2) is 78.9 Å². The quantitative estimate of drug-likeness (QED) is 0.301. The molecule has 0 aliphatic rings. The topological polar surface area (TPSA) is 44.8 Å². The first kappa shape index (κ1) is 21.8. The number of Topliss-reactive ketones (excluding diaryl/α,β-unsaturated/α-hetero) is 1. The Morgan fingerprint density at radius 3 is 2.00 bits per heavy atom. The summed E-state index contributed by atoms with van der Waals surface area (Å²) in [5.74, 6) is 0.862. The normalized spacial score (nSPS) is 10.9. The maximum absolute atomic E-state index is 12.6. The monoisotopic (exact) mass is 404 g/mol. The second kappa shape index (κ2) is 11.3. The maximum atomic E-state index is 12.6. The molecule has 0 aromatic heterocycles. The van der Waals surface area contributed by atoms with Crippen molar-refractivity contribution in [1.29, 1.82) is 0 Å². The largest absolute Gasteiger partial charge is 0.489 e. The summed E-state index contributed by atoms with van der Waals surface area (Å²) in [5, 5.41) is 0. The van der Waals surface area contributed by atoms with Crippen LogP contribution in [-0.4, -0.2) is 19.0 Å². The summed E-state index contributed by atoms with van der Waals surface area (Å²) in [6, 6.07) is 25.2. The molecule has 0 radical (unpaired) electrons. The molecule has 4 nitrogen and oxygen atoms in total. The van der Waals surface area contributed by atoms with Crippen LogP contribution >= 0.6 is 0 Å². The number of ether oxygens (including phenoxy) is 3. The van der Waals surface area contributed by atoms with E-state index in [-0.39, 0.29) is 5.78 Å². The van der Waals surface area contributed by atoms with Gasteiger partial charge >= 0.3 is 0 Å². The summed E-state index contributed by atoms with van der Waals surface area (Å²) in [5.41, 5.74) is 3.67. The SMILES string of the molecule is CCOC(OCC)c1ccc(C(=O)Cc2ccc(OCc3ccccc3)cc2)cc1. The highest BCUT2D eigenvalue weighted by Gasteiger charge is 2.13. The second-order valence-electron chi connectivity index (χ2n) is 6.88. The first-order chi connectivity index (χ1) is 14.7. The number of carbonyl (C=O) groups is 1. The van der Waals surface area contributed by atoms with Crippen molar-refractivity contribution >= 4 is 5.78 Å². The summed E-state index contributed by atoms with van der Waals surface area (Å²) in [6.07, 6.45) is -0.0499. The Labute approximate surface area is 178 Å². The van der Waals surface area contributed by atoms with E-state index in [0.717, 1.165) is 22.4 Å². The lowest BCUT2D eigenvalue weighted by atomic mass is 10.0. The Balaban J connectivity index is 1.56. The lowest BCUT2D eigenvalue weighted by Crippen LogP contribution is -2.09. The average molecular weight is 405 g/mol. The van der Waals surface area contributed by atoms with Gasteiger partial charge in [0.25, 0.3) is 0 Å². The highest BCUT2D eigenvalue weighted by molar-refractivity contribution is 5.97. The van der Waals surface area contributed by atoms with Crippen molar-refractivity contribution in [1.82, 2.24) is 0 Å². The van der Waals surface area contributed by atoms with Gasteiger partial charge in [-0.25, -0.2) is 0 Å². The summed E-state index contributed by atoms with van der Waals surface area (Å²) in [4.78, 5) is 12.6. The highest BCUT2D eigenvalue weighted by atomic mass is 16.7. The Morgan fingerprint density at radius 1 is 0.767 bits per heavy atom. The van der Waals surface area contributed by atoms with Gasteiger partial charge in [-0.05, 0) is 37.1 Å². The van der Waals surface area contributed by atoms with Gasteiger partial charge in [-0.2, -0.15) is 0 Å². The predicted octanol–water partition coefficient (Wildman–Crippen LogP) is 5.76. The van der Waals surface area contributed by atoms with E-state index in [9.17, 15) is 4.79 Å². The van der Waals surface area contributed by atoms with E-state index in [1.54, 1.807) is 0 Å². The van der Waals surface area contributed by atoms with Crippen molar-refractivity contribution in [3.05, 3.63) is 101 Å². The molecule has 4 heteroatoms. The van der Waals surface area contributed by atoms with E-state index < -0.39 is 6.29 Å². The van der Waals surface area contributed by atoms with E-state index in [4.69, 9.17) is 14.2 Å². The number of hydrogen-bond donors (Lipinski definition) is 0. The average Bonchev–Trinajstić information content (AvgIpc) is 2.79. The highest BCUT2D eigenvalue weighted by Crippen LogP contribution is 2.21. The van der Waals surface area contributed by atoms with Gasteiger partial charge < -0.3 is 14.2 Å². The van der Waals surface area contributed by atoms with E-state index in [1.165, 1.54) is 0 Å². The molecule has 0 unspecified atom stereocenters. The van der Waals surface area contributed by atoms with Crippen LogP contribution in [0.5, 0.6) is 5.75 Å². The number of benzene rings is 3. The van der Waals surface area contributed by atoms with Gasteiger partial charge in [0.2, 0.25) is 0 Å². The molecule has 0 N–H and O–H groups in total. The van der Waals surface area contributed by atoms with Crippen LogP contribution < -0.4 is 4.74 Å². The maximum Gasteiger partial charge on any atom is 0.183 e. The molecule has 0 bridgehead atoms. The van der Waals surface area contributed by atoms with Crippen LogP contribution in [0.2, 0.25) is 0 Å². The van der Waals surface area contributed by atoms with Gasteiger partial charge in [0, 0.05) is 30.8 Å². The molecule has 3 aromatic rings. The fourth-order valence-electron chi connectivity index (χ4n) is 3.10. The molecule has 0 atom stereocenters. The zero-order valence-corrected chi connectivity index (χ0v) is 17.5. The molecule has 30 heavy (non-hydrogen) atoms. The van der Waals surface area contributed by atoms with Gasteiger partial charge in [0.1, 0.15) is 12.4 Å². The van der Waals surface area contributed by atoms with Crippen LogP contribution in [0.4, 0.5) is 0 Å². The van der Waals surface area contributed by atoms with Crippen molar-refractivity contribution in [2.75, 3.05) is 13.2 Å². The van der Waals surface area contributed by atoms with Gasteiger partial charge in [-0.1, -0.05) is 66.7 Å². The molecule has 0 saturated carbocycles. The summed E-state index contributed by atoms with van der Waals surface area (Å²) >= 11 is 0. The van der Waals surface area contributed by atoms with Crippen molar-refractivity contribution in [3.63, 3.8) is 0 Å².